The average molecular weight is 326 g/mol. The molecule has 1 unspecified atom stereocenters. The maximum absolute atomic E-state index is 12.2. The number of nitrogens with zero attached hydrogens (tertiary/aromatic N) is 1. The zero-order valence-corrected chi connectivity index (χ0v) is 14.6. The van der Waals surface area contributed by atoms with E-state index in [2.05, 4.69) is 43.1 Å². The number of rotatable bonds is 5. The Morgan fingerprint density at radius 2 is 2.18 bits per heavy atom. The molecular formula is C17H28ClN3O. The van der Waals surface area contributed by atoms with Crippen molar-refractivity contribution in [1.29, 1.82) is 0 Å². The van der Waals surface area contributed by atoms with Gasteiger partial charge in [0.15, 0.2) is 0 Å². The van der Waals surface area contributed by atoms with E-state index < -0.39 is 0 Å². The van der Waals surface area contributed by atoms with Crippen LogP contribution in [0.4, 0.5) is 5.69 Å². The molecule has 1 saturated heterocycles. The van der Waals surface area contributed by atoms with E-state index >= 15 is 0 Å². The van der Waals surface area contributed by atoms with Crippen LogP contribution in [0.15, 0.2) is 24.3 Å². The average Bonchev–Trinajstić information content (AvgIpc) is 2.81. The molecule has 0 radical (unpaired) electrons. The van der Waals surface area contributed by atoms with Crippen molar-refractivity contribution in [2.45, 2.75) is 33.1 Å². The quantitative estimate of drug-likeness (QED) is 0.875. The number of likely N-dealkylation sites (tertiary alicyclic amines) is 1. The minimum atomic E-state index is 0. The van der Waals surface area contributed by atoms with Crippen molar-refractivity contribution in [3.8, 4) is 0 Å². The van der Waals surface area contributed by atoms with Crippen LogP contribution in [0.5, 0.6) is 0 Å². The van der Waals surface area contributed by atoms with Crippen molar-refractivity contribution in [2.75, 3.05) is 31.5 Å². The van der Waals surface area contributed by atoms with Crippen molar-refractivity contribution in [3.63, 3.8) is 0 Å². The summed E-state index contributed by atoms with van der Waals surface area (Å²) >= 11 is 0. The van der Waals surface area contributed by atoms with Gasteiger partial charge in [0.1, 0.15) is 0 Å². The topological polar surface area (TPSA) is 58.4 Å². The number of nitrogens with one attached hydrogen (secondary N) is 1. The molecule has 22 heavy (non-hydrogen) atoms. The predicted octanol–water partition coefficient (Wildman–Crippen LogP) is 2.84. The largest absolute Gasteiger partial charge is 0.330 e. The summed E-state index contributed by atoms with van der Waals surface area (Å²) in [6.45, 7) is 9.48. The Kier molecular flexibility index (Phi) is 6.85. The monoisotopic (exact) mass is 325 g/mol. The van der Waals surface area contributed by atoms with Crippen LogP contribution in [0.1, 0.15) is 38.7 Å². The molecule has 1 fully saturated rings. The second kappa shape index (κ2) is 7.95. The molecule has 124 valence electrons. The van der Waals surface area contributed by atoms with Crippen molar-refractivity contribution >= 4 is 24.0 Å². The van der Waals surface area contributed by atoms with Crippen LogP contribution >= 0.6 is 12.4 Å². The van der Waals surface area contributed by atoms with Crippen molar-refractivity contribution in [1.82, 2.24) is 4.90 Å². The smallest absolute Gasteiger partial charge is 0.238 e. The number of anilines is 1. The van der Waals surface area contributed by atoms with E-state index in [1.165, 1.54) is 5.56 Å². The van der Waals surface area contributed by atoms with Crippen LogP contribution in [0.2, 0.25) is 0 Å². The lowest BCUT2D eigenvalue weighted by Crippen LogP contribution is -2.35. The molecule has 0 saturated carbocycles. The van der Waals surface area contributed by atoms with Gasteiger partial charge < -0.3 is 11.1 Å². The van der Waals surface area contributed by atoms with E-state index in [0.717, 1.165) is 25.2 Å². The van der Waals surface area contributed by atoms with Gasteiger partial charge in [0.2, 0.25) is 5.91 Å². The number of amides is 1. The third-order valence-corrected chi connectivity index (χ3v) is 4.33. The molecule has 1 amide bonds. The first-order valence-corrected chi connectivity index (χ1v) is 7.74. The van der Waals surface area contributed by atoms with Crippen molar-refractivity contribution in [2.24, 2.45) is 11.1 Å². The van der Waals surface area contributed by atoms with Crippen LogP contribution in [-0.2, 0) is 4.79 Å². The van der Waals surface area contributed by atoms with Gasteiger partial charge in [0.25, 0.3) is 0 Å². The van der Waals surface area contributed by atoms with Crippen LogP contribution in [-0.4, -0.2) is 37.0 Å². The van der Waals surface area contributed by atoms with Gasteiger partial charge in [-0.2, -0.15) is 0 Å². The fourth-order valence-corrected chi connectivity index (χ4v) is 2.81. The molecule has 1 aliphatic heterocycles. The van der Waals surface area contributed by atoms with E-state index in [9.17, 15) is 4.79 Å². The number of hydrogen-bond acceptors (Lipinski definition) is 3. The molecule has 1 heterocycles. The van der Waals surface area contributed by atoms with Crippen LogP contribution in [0.3, 0.4) is 0 Å². The van der Waals surface area contributed by atoms with Gasteiger partial charge in [-0.15, -0.1) is 12.4 Å². The highest BCUT2D eigenvalue weighted by Crippen LogP contribution is 2.28. The Morgan fingerprint density at radius 3 is 2.77 bits per heavy atom. The van der Waals surface area contributed by atoms with Gasteiger partial charge in [-0.05, 0) is 48.5 Å². The van der Waals surface area contributed by atoms with Gasteiger partial charge in [0.05, 0.1) is 6.54 Å². The third-order valence-electron chi connectivity index (χ3n) is 4.33. The molecule has 0 aliphatic carbocycles. The Labute approximate surface area is 139 Å². The molecule has 5 heteroatoms. The first kappa shape index (κ1) is 18.9. The summed E-state index contributed by atoms with van der Waals surface area (Å²) in [4.78, 5) is 14.4. The standard InChI is InChI=1S/C17H27N3O.ClH/c1-13(2)14-5-4-6-15(9-14)19-16(21)10-20-8-7-17(3,11-18)12-20;/h4-6,9,13H,7-8,10-12,18H2,1-3H3,(H,19,21);1H. The molecule has 0 aromatic heterocycles. The predicted molar refractivity (Wildman–Crippen MR) is 94.6 cm³/mol. The fraction of sp³-hybridized carbons (Fsp3) is 0.588. The zero-order chi connectivity index (χ0) is 15.5. The minimum absolute atomic E-state index is 0. The van der Waals surface area contributed by atoms with E-state index in [4.69, 9.17) is 5.73 Å². The van der Waals surface area contributed by atoms with E-state index in [0.29, 0.717) is 19.0 Å². The summed E-state index contributed by atoms with van der Waals surface area (Å²) < 4.78 is 0. The Morgan fingerprint density at radius 1 is 1.45 bits per heavy atom. The van der Waals surface area contributed by atoms with Gasteiger partial charge in [-0.3, -0.25) is 9.69 Å². The van der Waals surface area contributed by atoms with Gasteiger partial charge in [0, 0.05) is 12.2 Å². The normalized spacial score (nSPS) is 21.7. The highest BCUT2D eigenvalue weighted by molar-refractivity contribution is 5.92. The molecule has 1 aromatic carbocycles. The summed E-state index contributed by atoms with van der Waals surface area (Å²) in [5.41, 5.74) is 8.09. The number of benzene rings is 1. The van der Waals surface area contributed by atoms with E-state index in [1.807, 2.05) is 12.1 Å². The molecule has 0 bridgehead atoms. The number of carbonyl (C=O) groups excluding carboxylic acids is 1. The van der Waals surface area contributed by atoms with Crippen LogP contribution in [0.25, 0.3) is 0 Å². The molecule has 0 spiro atoms. The highest BCUT2D eigenvalue weighted by Gasteiger charge is 2.33. The number of hydrogen-bond donors (Lipinski definition) is 2. The molecule has 2 rings (SSSR count). The van der Waals surface area contributed by atoms with Crippen LogP contribution < -0.4 is 11.1 Å². The fourth-order valence-electron chi connectivity index (χ4n) is 2.81. The molecule has 4 nitrogen and oxygen atoms in total. The maximum atomic E-state index is 12.2. The molecule has 1 atom stereocenters. The number of carbonyl (C=O) groups is 1. The molecule has 1 aliphatic rings. The first-order chi connectivity index (χ1) is 9.92. The van der Waals surface area contributed by atoms with E-state index in [-0.39, 0.29) is 23.7 Å². The third kappa shape index (κ3) is 4.97. The minimum Gasteiger partial charge on any atom is -0.330 e. The van der Waals surface area contributed by atoms with Gasteiger partial charge in [-0.25, -0.2) is 0 Å². The summed E-state index contributed by atoms with van der Waals surface area (Å²) in [5.74, 6) is 0.517. The van der Waals surface area contributed by atoms with Crippen molar-refractivity contribution in [3.05, 3.63) is 29.8 Å². The molecular weight excluding hydrogens is 298 g/mol. The van der Waals surface area contributed by atoms with Gasteiger partial charge in [-0.1, -0.05) is 32.9 Å². The summed E-state index contributed by atoms with van der Waals surface area (Å²) in [6, 6.07) is 8.08. The maximum Gasteiger partial charge on any atom is 0.238 e. The SMILES string of the molecule is CC(C)c1cccc(NC(=O)CN2CCC(C)(CN)C2)c1.Cl. The van der Waals surface area contributed by atoms with Crippen LogP contribution in [0, 0.1) is 5.41 Å². The lowest BCUT2D eigenvalue weighted by molar-refractivity contribution is -0.117. The summed E-state index contributed by atoms with van der Waals surface area (Å²) in [6.07, 6.45) is 1.07. The van der Waals surface area contributed by atoms with E-state index in [1.54, 1.807) is 0 Å². The highest BCUT2D eigenvalue weighted by atomic mass is 35.5. The second-order valence-corrected chi connectivity index (χ2v) is 6.80. The zero-order valence-electron chi connectivity index (χ0n) is 13.8. The molecule has 1 aromatic rings. The lowest BCUT2D eigenvalue weighted by Gasteiger charge is -2.22. The Bertz CT molecular complexity index is 506. The summed E-state index contributed by atoms with van der Waals surface area (Å²) in [5, 5.41) is 3.00. The van der Waals surface area contributed by atoms with Crippen molar-refractivity contribution < 1.29 is 4.79 Å². The Hall–Kier alpha value is -1.10. The Balaban J connectivity index is 0.00000242. The number of halogens is 1. The van der Waals surface area contributed by atoms with Gasteiger partial charge >= 0.3 is 0 Å². The summed E-state index contributed by atoms with van der Waals surface area (Å²) in [7, 11) is 0. The first-order valence-electron chi connectivity index (χ1n) is 7.74. The molecule has 3 N–H and O–H groups in total. The number of nitrogens with two attached hydrogens (primary N) is 1. The second-order valence-electron chi connectivity index (χ2n) is 6.80. The lowest BCUT2D eigenvalue weighted by atomic mass is 9.90.